The minimum absolute atomic E-state index is 0.235. The van der Waals surface area contributed by atoms with E-state index in [-0.39, 0.29) is 5.91 Å². The van der Waals surface area contributed by atoms with Gasteiger partial charge in [0.05, 0.1) is 25.0 Å². The molecule has 1 aliphatic heterocycles. The zero-order valence-corrected chi connectivity index (χ0v) is 16.6. The molecular weight excluding hydrogens is 362 g/mol. The number of ether oxygens (including phenoxy) is 1. The van der Waals surface area contributed by atoms with Crippen molar-refractivity contribution in [1.82, 2.24) is 14.9 Å². The first-order valence-corrected chi connectivity index (χ1v) is 10.3. The standard InChI is InChI=1S/C24H27N3O2/c28-24(16-20-6-2-1-3-7-20)27-13-10-19(11-14-27)12-15-29-23-9-5-4-8-21(23)22-17-25-18-26-22/h1-9,17-19H,10-16H2,(H,25,26). The van der Waals surface area contributed by atoms with Crippen LogP contribution in [-0.4, -0.2) is 40.5 Å². The summed E-state index contributed by atoms with van der Waals surface area (Å²) in [5.41, 5.74) is 2.99. The summed E-state index contributed by atoms with van der Waals surface area (Å²) in [7, 11) is 0. The topological polar surface area (TPSA) is 58.2 Å². The Balaban J connectivity index is 1.23. The highest BCUT2D eigenvalue weighted by molar-refractivity contribution is 5.78. The van der Waals surface area contributed by atoms with Gasteiger partial charge in [-0.25, -0.2) is 4.98 Å². The Morgan fingerprint density at radius 1 is 1.07 bits per heavy atom. The maximum Gasteiger partial charge on any atom is 0.226 e. The van der Waals surface area contributed by atoms with Crippen LogP contribution in [-0.2, 0) is 11.2 Å². The van der Waals surface area contributed by atoms with E-state index >= 15 is 0 Å². The Labute approximate surface area is 171 Å². The highest BCUT2D eigenvalue weighted by Gasteiger charge is 2.22. The number of nitrogens with zero attached hydrogens (tertiary/aromatic N) is 2. The van der Waals surface area contributed by atoms with Crippen LogP contribution in [0.2, 0.25) is 0 Å². The van der Waals surface area contributed by atoms with Gasteiger partial charge in [-0.05, 0) is 42.9 Å². The van der Waals surface area contributed by atoms with Crippen molar-refractivity contribution in [3.05, 3.63) is 72.7 Å². The van der Waals surface area contributed by atoms with Gasteiger partial charge in [-0.2, -0.15) is 0 Å². The van der Waals surface area contributed by atoms with E-state index < -0.39 is 0 Å². The molecule has 4 rings (SSSR count). The van der Waals surface area contributed by atoms with Crippen LogP contribution >= 0.6 is 0 Å². The second kappa shape index (κ2) is 9.41. The van der Waals surface area contributed by atoms with E-state index in [1.165, 1.54) is 0 Å². The van der Waals surface area contributed by atoms with Crippen molar-refractivity contribution < 1.29 is 9.53 Å². The van der Waals surface area contributed by atoms with Crippen LogP contribution in [0.4, 0.5) is 0 Å². The lowest BCUT2D eigenvalue weighted by Crippen LogP contribution is -2.39. The Kier molecular flexibility index (Phi) is 6.25. The van der Waals surface area contributed by atoms with Crippen LogP contribution in [0.15, 0.2) is 67.1 Å². The van der Waals surface area contributed by atoms with E-state index in [9.17, 15) is 4.79 Å². The summed E-state index contributed by atoms with van der Waals surface area (Å²) < 4.78 is 6.08. The van der Waals surface area contributed by atoms with Gasteiger partial charge in [-0.1, -0.05) is 42.5 Å². The van der Waals surface area contributed by atoms with Gasteiger partial charge in [0.2, 0.25) is 5.91 Å². The summed E-state index contributed by atoms with van der Waals surface area (Å²) >= 11 is 0. The van der Waals surface area contributed by atoms with Crippen LogP contribution in [0.5, 0.6) is 5.75 Å². The van der Waals surface area contributed by atoms with Crippen molar-refractivity contribution in [3.8, 4) is 17.0 Å². The number of benzene rings is 2. The minimum Gasteiger partial charge on any atom is -0.493 e. The second-order valence-electron chi connectivity index (χ2n) is 7.57. The van der Waals surface area contributed by atoms with Crippen molar-refractivity contribution in [1.29, 1.82) is 0 Å². The Morgan fingerprint density at radius 2 is 1.83 bits per heavy atom. The summed E-state index contributed by atoms with van der Waals surface area (Å²) in [5.74, 6) is 1.71. The van der Waals surface area contributed by atoms with Crippen LogP contribution < -0.4 is 4.74 Å². The molecule has 0 unspecified atom stereocenters. The van der Waals surface area contributed by atoms with Crippen LogP contribution in [0.1, 0.15) is 24.8 Å². The second-order valence-corrected chi connectivity index (χ2v) is 7.57. The number of amides is 1. The molecular formula is C24H27N3O2. The zero-order chi connectivity index (χ0) is 19.9. The molecule has 0 radical (unpaired) electrons. The molecule has 0 bridgehead atoms. The van der Waals surface area contributed by atoms with E-state index in [4.69, 9.17) is 4.74 Å². The molecule has 1 saturated heterocycles. The van der Waals surface area contributed by atoms with Gasteiger partial charge in [0.15, 0.2) is 0 Å². The minimum atomic E-state index is 0.235. The van der Waals surface area contributed by atoms with Crippen LogP contribution in [0, 0.1) is 5.92 Å². The first-order chi connectivity index (χ1) is 14.3. The summed E-state index contributed by atoms with van der Waals surface area (Å²) in [6.45, 7) is 2.38. The van der Waals surface area contributed by atoms with Gasteiger partial charge in [0.25, 0.3) is 0 Å². The molecule has 2 heterocycles. The van der Waals surface area contributed by atoms with Crippen molar-refractivity contribution >= 4 is 5.91 Å². The van der Waals surface area contributed by atoms with Gasteiger partial charge in [-0.15, -0.1) is 0 Å². The first-order valence-electron chi connectivity index (χ1n) is 10.3. The SMILES string of the molecule is O=C(Cc1ccccc1)N1CCC(CCOc2ccccc2-c2c[nH]cn2)CC1. The van der Waals surface area contributed by atoms with Gasteiger partial charge >= 0.3 is 0 Å². The number of carbonyl (C=O) groups is 1. The normalized spacial score (nSPS) is 14.7. The summed E-state index contributed by atoms with van der Waals surface area (Å²) in [6.07, 6.45) is 7.16. The molecule has 0 aliphatic carbocycles. The van der Waals surface area contributed by atoms with Crippen LogP contribution in [0.3, 0.4) is 0 Å². The molecule has 0 saturated carbocycles. The predicted octanol–water partition coefficient (Wildman–Crippen LogP) is 4.33. The fourth-order valence-electron chi connectivity index (χ4n) is 3.90. The highest BCUT2D eigenvalue weighted by atomic mass is 16.5. The average molecular weight is 389 g/mol. The largest absolute Gasteiger partial charge is 0.493 e. The lowest BCUT2D eigenvalue weighted by molar-refractivity contribution is -0.131. The number of nitrogens with one attached hydrogen (secondary N) is 1. The molecule has 1 amide bonds. The van der Waals surface area contributed by atoms with Gasteiger partial charge in [0.1, 0.15) is 5.75 Å². The maximum atomic E-state index is 12.5. The number of imidazole rings is 1. The number of hydrogen-bond donors (Lipinski definition) is 1. The lowest BCUT2D eigenvalue weighted by atomic mass is 9.93. The lowest BCUT2D eigenvalue weighted by Gasteiger charge is -2.32. The summed E-state index contributed by atoms with van der Waals surface area (Å²) in [4.78, 5) is 21.8. The number of piperidine rings is 1. The Bertz CT molecular complexity index is 901. The highest BCUT2D eigenvalue weighted by Crippen LogP contribution is 2.29. The van der Waals surface area contributed by atoms with Crippen molar-refractivity contribution in [2.45, 2.75) is 25.7 Å². The number of rotatable bonds is 7. The summed E-state index contributed by atoms with van der Waals surface area (Å²) in [5, 5.41) is 0. The van der Waals surface area contributed by atoms with E-state index in [1.54, 1.807) is 6.33 Å². The Morgan fingerprint density at radius 3 is 2.59 bits per heavy atom. The average Bonchev–Trinajstić information content (AvgIpc) is 3.30. The molecule has 1 N–H and O–H groups in total. The molecule has 5 nitrogen and oxygen atoms in total. The van der Waals surface area contributed by atoms with E-state index in [1.807, 2.05) is 65.7 Å². The maximum absolute atomic E-state index is 12.5. The van der Waals surface area contributed by atoms with Crippen molar-refractivity contribution in [2.75, 3.05) is 19.7 Å². The monoisotopic (exact) mass is 389 g/mol. The number of H-pyrrole nitrogens is 1. The van der Waals surface area contributed by atoms with Crippen molar-refractivity contribution in [3.63, 3.8) is 0 Å². The molecule has 2 aromatic carbocycles. The fourth-order valence-corrected chi connectivity index (χ4v) is 3.90. The van der Waals surface area contributed by atoms with Crippen molar-refractivity contribution in [2.24, 2.45) is 5.92 Å². The van der Waals surface area contributed by atoms with Gasteiger partial charge < -0.3 is 14.6 Å². The number of hydrogen-bond acceptors (Lipinski definition) is 3. The first kappa shape index (κ1) is 19.2. The molecule has 1 aliphatic rings. The zero-order valence-electron chi connectivity index (χ0n) is 16.6. The van der Waals surface area contributed by atoms with E-state index in [0.717, 1.165) is 54.9 Å². The third kappa shape index (κ3) is 5.05. The van der Waals surface area contributed by atoms with Gasteiger partial charge in [-0.3, -0.25) is 4.79 Å². The number of carbonyl (C=O) groups excluding carboxylic acids is 1. The summed E-state index contributed by atoms with van der Waals surface area (Å²) in [6, 6.07) is 18.0. The molecule has 0 atom stereocenters. The third-order valence-corrected chi connectivity index (χ3v) is 5.61. The number of aromatic amines is 1. The molecule has 0 spiro atoms. The Hall–Kier alpha value is -3.08. The number of aromatic nitrogens is 2. The molecule has 5 heteroatoms. The van der Waals surface area contributed by atoms with Gasteiger partial charge in [0, 0.05) is 24.8 Å². The van der Waals surface area contributed by atoms with E-state index in [0.29, 0.717) is 18.9 Å². The molecule has 29 heavy (non-hydrogen) atoms. The molecule has 150 valence electrons. The van der Waals surface area contributed by atoms with E-state index in [2.05, 4.69) is 9.97 Å². The predicted molar refractivity (Wildman–Crippen MR) is 114 cm³/mol. The number of likely N-dealkylation sites (tertiary alicyclic amines) is 1. The fraction of sp³-hybridized carbons (Fsp3) is 0.333. The third-order valence-electron chi connectivity index (χ3n) is 5.61. The molecule has 1 aromatic heterocycles. The smallest absolute Gasteiger partial charge is 0.226 e. The number of para-hydroxylation sites is 1. The van der Waals surface area contributed by atoms with Crippen LogP contribution in [0.25, 0.3) is 11.3 Å². The molecule has 3 aromatic rings. The quantitative estimate of drug-likeness (QED) is 0.654. The molecule has 1 fully saturated rings.